The Morgan fingerprint density at radius 2 is 1.84 bits per heavy atom. The maximum absolute atomic E-state index is 13.7. The van der Waals surface area contributed by atoms with Gasteiger partial charge in [0.25, 0.3) is 0 Å². The Labute approximate surface area is 264 Å². The van der Waals surface area contributed by atoms with Crippen molar-refractivity contribution in [1.29, 1.82) is 0 Å². The van der Waals surface area contributed by atoms with Crippen LogP contribution in [0.5, 0.6) is 0 Å². The van der Waals surface area contributed by atoms with Crippen LogP contribution in [0.2, 0.25) is 5.02 Å². The summed E-state index contributed by atoms with van der Waals surface area (Å²) in [5.41, 5.74) is 3.93. The largest absolute Gasteiger partial charge is 0.461 e. The molecule has 3 atom stereocenters. The second kappa shape index (κ2) is 13.1. The van der Waals surface area contributed by atoms with Gasteiger partial charge in [-0.05, 0) is 73.5 Å². The zero-order valence-electron chi connectivity index (χ0n) is 25.2. The van der Waals surface area contributed by atoms with Gasteiger partial charge in [0.15, 0.2) is 0 Å². The number of para-hydroxylation sites is 1. The highest BCUT2D eigenvalue weighted by Gasteiger charge is 2.47. The lowest BCUT2D eigenvalue weighted by Crippen LogP contribution is -2.53. The van der Waals surface area contributed by atoms with Crippen molar-refractivity contribution in [1.82, 2.24) is 4.90 Å². The van der Waals surface area contributed by atoms with Gasteiger partial charge in [-0.15, -0.1) is 0 Å². The van der Waals surface area contributed by atoms with E-state index in [1.54, 1.807) is 31.2 Å². The fourth-order valence-corrected chi connectivity index (χ4v) is 7.51. The fourth-order valence-electron chi connectivity index (χ4n) is 7.31. The van der Waals surface area contributed by atoms with E-state index in [-0.39, 0.29) is 35.8 Å². The number of piperidine rings is 1. The number of ether oxygens (including phenoxy) is 1. The highest BCUT2D eigenvalue weighted by molar-refractivity contribution is 6.30. The third-order valence-corrected chi connectivity index (χ3v) is 9.67. The number of rotatable bonds is 9. The van der Waals surface area contributed by atoms with Crippen molar-refractivity contribution in [2.75, 3.05) is 31.1 Å². The SMILES string of the molecule is CC1CC(=O)N(c2ccccc2C(=O)OC[C@]23CCC[C@H](CN(CCCc4ccccc4)C2)C3=Cc2cccc(Cl)c2)C1=O. The molecular formula is C37H39ClN2O4. The molecular weight excluding hydrogens is 572 g/mol. The van der Waals surface area contributed by atoms with Crippen LogP contribution in [0.1, 0.15) is 60.5 Å². The van der Waals surface area contributed by atoms with Crippen LogP contribution in [0.25, 0.3) is 6.08 Å². The highest BCUT2D eigenvalue weighted by Crippen LogP contribution is 2.49. The second-order valence-corrected chi connectivity index (χ2v) is 13.1. The molecule has 0 radical (unpaired) electrons. The standard InChI is InChI=1S/C37H39ClN2O4/c1-26-20-34(41)40(35(26)42)33-17-6-5-16-31(33)36(43)44-25-37-18-8-14-29(32(37)22-28-12-7-15-30(38)21-28)23-39(24-37)19-9-13-27-10-3-2-4-11-27/h2-7,10-12,15-17,21-22,26,29H,8-9,13-14,18-20,23-25H2,1H3/t26?,29-,37+/m1/s1. The molecule has 2 amide bonds. The van der Waals surface area contributed by atoms with Crippen LogP contribution in [-0.4, -0.2) is 48.9 Å². The molecule has 1 saturated carbocycles. The van der Waals surface area contributed by atoms with Gasteiger partial charge in [0.1, 0.15) is 6.61 Å². The van der Waals surface area contributed by atoms with Crippen molar-refractivity contribution in [3.8, 4) is 0 Å². The number of amides is 2. The Morgan fingerprint density at radius 3 is 2.61 bits per heavy atom. The number of hydrogen-bond acceptors (Lipinski definition) is 5. The van der Waals surface area contributed by atoms with Gasteiger partial charge in [0.05, 0.1) is 11.3 Å². The molecule has 0 aromatic heterocycles. The molecule has 228 valence electrons. The predicted molar refractivity (Wildman–Crippen MR) is 173 cm³/mol. The second-order valence-electron chi connectivity index (χ2n) is 12.6. The zero-order valence-corrected chi connectivity index (χ0v) is 26.0. The molecule has 44 heavy (non-hydrogen) atoms. The molecule has 3 fully saturated rings. The third kappa shape index (κ3) is 6.38. The van der Waals surface area contributed by atoms with Gasteiger partial charge in [-0.1, -0.05) is 91.2 Å². The van der Waals surface area contributed by atoms with E-state index in [0.717, 1.165) is 62.2 Å². The number of halogens is 1. The molecule has 2 bridgehead atoms. The van der Waals surface area contributed by atoms with Gasteiger partial charge in [-0.2, -0.15) is 0 Å². The average Bonchev–Trinajstić information content (AvgIpc) is 3.27. The molecule has 3 aliphatic rings. The fraction of sp³-hybridized carbons (Fsp3) is 0.378. The molecule has 0 N–H and O–H groups in total. The monoisotopic (exact) mass is 610 g/mol. The number of benzene rings is 3. The molecule has 2 heterocycles. The van der Waals surface area contributed by atoms with E-state index in [2.05, 4.69) is 41.3 Å². The van der Waals surface area contributed by atoms with Crippen molar-refractivity contribution in [3.05, 3.63) is 106 Å². The number of fused-ring (bicyclic) bond motifs is 2. The first kappa shape index (κ1) is 30.3. The summed E-state index contributed by atoms with van der Waals surface area (Å²) < 4.78 is 6.17. The van der Waals surface area contributed by atoms with E-state index in [4.69, 9.17) is 16.3 Å². The van der Waals surface area contributed by atoms with Gasteiger partial charge in [0, 0.05) is 35.9 Å². The third-order valence-electron chi connectivity index (χ3n) is 9.44. The Morgan fingerprint density at radius 1 is 1.05 bits per heavy atom. The van der Waals surface area contributed by atoms with Crippen molar-refractivity contribution < 1.29 is 19.1 Å². The summed E-state index contributed by atoms with van der Waals surface area (Å²) in [6.45, 7) is 4.74. The summed E-state index contributed by atoms with van der Waals surface area (Å²) >= 11 is 6.36. The molecule has 3 aromatic carbocycles. The Balaban J connectivity index is 1.25. The maximum atomic E-state index is 13.7. The van der Waals surface area contributed by atoms with Crippen molar-refractivity contribution >= 4 is 41.1 Å². The first-order valence-corrected chi connectivity index (χ1v) is 16.1. The lowest BCUT2D eigenvalue weighted by molar-refractivity contribution is -0.122. The van der Waals surface area contributed by atoms with Gasteiger partial charge in [-0.25, -0.2) is 9.69 Å². The van der Waals surface area contributed by atoms with Gasteiger partial charge in [-0.3, -0.25) is 9.59 Å². The Kier molecular flexibility index (Phi) is 9.01. The summed E-state index contributed by atoms with van der Waals surface area (Å²) in [6.07, 6.45) is 7.57. The van der Waals surface area contributed by atoms with E-state index in [9.17, 15) is 14.4 Å². The maximum Gasteiger partial charge on any atom is 0.340 e. The van der Waals surface area contributed by atoms with Crippen LogP contribution in [0.3, 0.4) is 0 Å². The summed E-state index contributed by atoms with van der Waals surface area (Å²) in [5.74, 6) is -1.13. The molecule has 2 aliphatic heterocycles. The van der Waals surface area contributed by atoms with Gasteiger partial charge in [0.2, 0.25) is 11.8 Å². The molecule has 6 rings (SSSR count). The number of carbonyl (C=O) groups is 3. The number of esters is 1. The molecule has 0 spiro atoms. The first-order chi connectivity index (χ1) is 21.3. The van der Waals surface area contributed by atoms with Crippen molar-refractivity contribution in [2.45, 2.75) is 45.4 Å². The number of nitrogens with zero attached hydrogens (tertiary/aromatic N) is 2. The van der Waals surface area contributed by atoms with Crippen LogP contribution in [0.15, 0.2) is 84.4 Å². The minimum absolute atomic E-state index is 0.143. The highest BCUT2D eigenvalue weighted by atomic mass is 35.5. The van der Waals surface area contributed by atoms with Crippen LogP contribution in [0, 0.1) is 17.3 Å². The van der Waals surface area contributed by atoms with Crippen LogP contribution < -0.4 is 4.90 Å². The normalized spacial score (nSPS) is 24.6. The summed E-state index contributed by atoms with van der Waals surface area (Å²) in [7, 11) is 0. The summed E-state index contributed by atoms with van der Waals surface area (Å²) in [5, 5.41) is 0.695. The summed E-state index contributed by atoms with van der Waals surface area (Å²) in [6, 6.07) is 25.3. The minimum Gasteiger partial charge on any atom is -0.461 e. The van der Waals surface area contributed by atoms with E-state index in [0.29, 0.717) is 16.6 Å². The van der Waals surface area contributed by atoms with Gasteiger partial charge >= 0.3 is 5.97 Å². The topological polar surface area (TPSA) is 66.9 Å². The van der Waals surface area contributed by atoms with E-state index in [1.165, 1.54) is 11.1 Å². The smallest absolute Gasteiger partial charge is 0.340 e. The lowest BCUT2D eigenvalue weighted by Gasteiger charge is -2.51. The van der Waals surface area contributed by atoms with Crippen molar-refractivity contribution in [2.24, 2.45) is 17.3 Å². The molecule has 1 aliphatic carbocycles. The number of carbonyl (C=O) groups excluding carboxylic acids is 3. The predicted octanol–water partition coefficient (Wildman–Crippen LogP) is 7.21. The Hall–Kier alpha value is -3.74. The number of likely N-dealkylation sites (tertiary alicyclic amines) is 1. The molecule has 6 nitrogen and oxygen atoms in total. The number of hydrogen-bond donors (Lipinski definition) is 0. The number of imide groups is 1. The van der Waals surface area contributed by atoms with Crippen LogP contribution in [0.4, 0.5) is 5.69 Å². The van der Waals surface area contributed by atoms with E-state index >= 15 is 0 Å². The molecule has 3 aromatic rings. The number of anilines is 1. The average molecular weight is 611 g/mol. The zero-order chi connectivity index (χ0) is 30.7. The Bertz CT molecular complexity index is 1570. The molecule has 1 unspecified atom stereocenters. The van der Waals surface area contributed by atoms with Crippen LogP contribution in [-0.2, 0) is 20.7 Å². The first-order valence-electron chi connectivity index (χ1n) is 15.7. The lowest BCUT2D eigenvalue weighted by atomic mass is 9.62. The van der Waals surface area contributed by atoms with Gasteiger partial charge < -0.3 is 9.64 Å². The quantitative estimate of drug-likeness (QED) is 0.189. The minimum atomic E-state index is -0.513. The molecule has 7 heteroatoms. The summed E-state index contributed by atoms with van der Waals surface area (Å²) in [4.78, 5) is 42.9. The van der Waals surface area contributed by atoms with Crippen molar-refractivity contribution in [3.63, 3.8) is 0 Å². The van der Waals surface area contributed by atoms with E-state index < -0.39 is 11.9 Å². The molecule has 2 saturated heterocycles. The van der Waals surface area contributed by atoms with E-state index in [1.807, 2.05) is 24.3 Å². The number of aryl methyl sites for hydroxylation is 1. The van der Waals surface area contributed by atoms with Crippen LogP contribution >= 0.6 is 11.6 Å².